The highest BCUT2D eigenvalue weighted by Crippen LogP contribution is 2.35. The van der Waals surface area contributed by atoms with E-state index in [0.717, 1.165) is 25.2 Å². The number of hydrogen-bond donors (Lipinski definition) is 3. The highest BCUT2D eigenvalue weighted by Gasteiger charge is 2.46. The quantitative estimate of drug-likeness (QED) is 0.581. The van der Waals surface area contributed by atoms with Crippen molar-refractivity contribution in [3.63, 3.8) is 0 Å². The minimum absolute atomic E-state index is 0.205. The summed E-state index contributed by atoms with van der Waals surface area (Å²) in [5.74, 6) is -0.205. The predicted octanol–water partition coefficient (Wildman–Crippen LogP) is 1.06. The van der Waals surface area contributed by atoms with Crippen molar-refractivity contribution < 1.29 is 18.0 Å². The van der Waals surface area contributed by atoms with Crippen LogP contribution in [0.1, 0.15) is 42.2 Å². The molecule has 33 heavy (non-hydrogen) atoms. The monoisotopic (exact) mass is 463 g/mol. The van der Waals surface area contributed by atoms with Crippen LogP contribution in [0.2, 0.25) is 0 Å². The van der Waals surface area contributed by atoms with Gasteiger partial charge in [0.25, 0.3) is 5.91 Å². The minimum atomic E-state index is -4.54. The number of alkyl halides is 3. The summed E-state index contributed by atoms with van der Waals surface area (Å²) in [4.78, 5) is 22.0. The van der Waals surface area contributed by atoms with E-state index >= 15 is 0 Å². The molecule has 3 atom stereocenters. The van der Waals surface area contributed by atoms with Gasteiger partial charge in [0.15, 0.2) is 0 Å². The van der Waals surface area contributed by atoms with Gasteiger partial charge in [0.05, 0.1) is 31.1 Å². The number of aromatic nitrogens is 4. The summed E-state index contributed by atoms with van der Waals surface area (Å²) in [5, 5.41) is 15.8. The lowest BCUT2D eigenvalue weighted by Crippen LogP contribution is -2.63. The molecule has 2 unspecified atom stereocenters. The third-order valence-corrected chi connectivity index (χ3v) is 6.18. The van der Waals surface area contributed by atoms with Crippen LogP contribution in [-0.4, -0.2) is 63.5 Å². The molecule has 0 radical (unpaired) electrons. The molecule has 0 saturated carbocycles. The molecule has 3 N–H and O–H groups in total. The van der Waals surface area contributed by atoms with Crippen molar-refractivity contribution in [1.29, 1.82) is 5.26 Å². The van der Waals surface area contributed by atoms with Gasteiger partial charge in [-0.2, -0.15) is 23.5 Å². The van der Waals surface area contributed by atoms with E-state index < -0.39 is 23.7 Å². The fourth-order valence-corrected chi connectivity index (χ4v) is 4.07. The van der Waals surface area contributed by atoms with E-state index in [1.807, 2.05) is 27.3 Å². The first kappa shape index (κ1) is 22.9. The number of anilines is 1. The number of rotatable bonds is 6. The van der Waals surface area contributed by atoms with Crippen LogP contribution < -0.4 is 21.1 Å². The average Bonchev–Trinajstić information content (AvgIpc) is 3.39. The zero-order valence-electron chi connectivity index (χ0n) is 18.1. The number of nitrogens with one attached hydrogen (secondary N) is 3. The SMILES string of the molecule is CC1NNCC1c1cnn(C2(CC#N)CN(c3cnc(C(=O)N[C@@H](C)C(F)(F)F)cn3)C2)c1. The molecule has 2 aliphatic heterocycles. The van der Waals surface area contributed by atoms with Gasteiger partial charge in [-0.15, -0.1) is 0 Å². The molecule has 2 aliphatic rings. The summed E-state index contributed by atoms with van der Waals surface area (Å²) in [6.45, 7) is 4.66. The molecular formula is C20H24F3N9O. The number of amides is 1. The van der Waals surface area contributed by atoms with Gasteiger partial charge in [-0.3, -0.25) is 20.3 Å². The molecule has 0 aliphatic carbocycles. The maximum absolute atomic E-state index is 12.6. The van der Waals surface area contributed by atoms with Crippen LogP contribution in [0.3, 0.4) is 0 Å². The zero-order chi connectivity index (χ0) is 23.8. The first-order valence-electron chi connectivity index (χ1n) is 10.5. The molecule has 4 rings (SSSR count). The average molecular weight is 463 g/mol. The van der Waals surface area contributed by atoms with Crippen LogP contribution in [0, 0.1) is 11.3 Å². The third kappa shape index (κ3) is 4.49. The number of carbonyl (C=O) groups is 1. The summed E-state index contributed by atoms with van der Waals surface area (Å²) in [6, 6.07) is 0.497. The second kappa shape index (κ2) is 8.60. The van der Waals surface area contributed by atoms with Crippen molar-refractivity contribution in [3.05, 3.63) is 36.0 Å². The Balaban J connectivity index is 1.43. The maximum Gasteiger partial charge on any atom is 0.408 e. The topological polar surface area (TPSA) is 124 Å². The van der Waals surface area contributed by atoms with Crippen LogP contribution in [0.25, 0.3) is 0 Å². The number of halogens is 3. The molecule has 2 saturated heterocycles. The van der Waals surface area contributed by atoms with E-state index in [0.29, 0.717) is 18.9 Å². The largest absolute Gasteiger partial charge is 0.408 e. The summed E-state index contributed by atoms with van der Waals surface area (Å²) in [5.41, 5.74) is 6.67. The van der Waals surface area contributed by atoms with Gasteiger partial charge in [-0.05, 0) is 19.4 Å². The van der Waals surface area contributed by atoms with Gasteiger partial charge in [0.1, 0.15) is 23.1 Å². The summed E-state index contributed by atoms with van der Waals surface area (Å²) in [7, 11) is 0. The van der Waals surface area contributed by atoms with Crippen LogP contribution in [0.5, 0.6) is 0 Å². The Hall–Kier alpha value is -3.24. The Morgan fingerprint density at radius 1 is 1.36 bits per heavy atom. The first-order chi connectivity index (χ1) is 15.6. The van der Waals surface area contributed by atoms with Crippen LogP contribution in [0.4, 0.5) is 19.0 Å². The Bertz CT molecular complexity index is 1040. The highest BCUT2D eigenvalue weighted by atomic mass is 19.4. The molecule has 2 fully saturated rings. The minimum Gasteiger partial charge on any atom is -0.350 e. The Kier molecular flexibility index (Phi) is 5.98. The van der Waals surface area contributed by atoms with Crippen molar-refractivity contribution in [3.8, 4) is 6.07 Å². The Morgan fingerprint density at radius 2 is 2.12 bits per heavy atom. The van der Waals surface area contributed by atoms with Gasteiger partial charge >= 0.3 is 6.18 Å². The number of hydrazine groups is 1. The maximum atomic E-state index is 12.6. The fraction of sp³-hybridized carbons (Fsp3) is 0.550. The molecule has 0 aromatic carbocycles. The van der Waals surface area contributed by atoms with E-state index in [1.54, 1.807) is 0 Å². The molecule has 2 aromatic heterocycles. The molecular weight excluding hydrogens is 439 g/mol. The smallest absolute Gasteiger partial charge is 0.350 e. The number of nitrogens with zero attached hydrogens (tertiary/aromatic N) is 6. The Labute approximate surface area is 188 Å². The standard InChI is InChI=1S/C20H24F3N9O/c1-12-15(6-27-30-12)14-5-28-32(9-14)19(3-4-24)10-31(11-19)17-8-25-16(7-26-17)18(33)29-13(2)20(21,22)23/h5,7-9,12-13,15,27,30H,3,6,10-11H2,1-2H3,(H,29,33)/t12?,13-,15?/m0/s1. The fourth-order valence-electron chi connectivity index (χ4n) is 4.07. The van der Waals surface area contributed by atoms with Crippen molar-refractivity contribution >= 4 is 11.7 Å². The van der Waals surface area contributed by atoms with Gasteiger partial charge in [0.2, 0.25) is 0 Å². The molecule has 176 valence electrons. The van der Waals surface area contributed by atoms with Crippen LogP contribution in [-0.2, 0) is 5.54 Å². The first-order valence-corrected chi connectivity index (χ1v) is 10.5. The molecule has 1 amide bonds. The van der Waals surface area contributed by atoms with E-state index in [4.69, 9.17) is 0 Å². The second-order valence-electron chi connectivity index (χ2n) is 8.55. The zero-order valence-corrected chi connectivity index (χ0v) is 18.1. The van der Waals surface area contributed by atoms with Crippen LogP contribution in [0.15, 0.2) is 24.8 Å². The molecule has 10 nitrogen and oxygen atoms in total. The third-order valence-electron chi connectivity index (χ3n) is 6.18. The molecule has 0 bridgehead atoms. The van der Waals surface area contributed by atoms with Crippen molar-refractivity contribution in [2.75, 3.05) is 24.5 Å². The lowest BCUT2D eigenvalue weighted by atomic mass is 9.86. The molecule has 13 heteroatoms. The number of nitriles is 1. The molecule has 0 spiro atoms. The van der Waals surface area contributed by atoms with E-state index in [1.165, 1.54) is 6.20 Å². The van der Waals surface area contributed by atoms with Gasteiger partial charge in [-0.25, -0.2) is 9.97 Å². The van der Waals surface area contributed by atoms with E-state index in [-0.39, 0.29) is 24.1 Å². The van der Waals surface area contributed by atoms with Gasteiger partial charge in [0, 0.05) is 37.8 Å². The summed E-state index contributed by atoms with van der Waals surface area (Å²) < 4.78 is 39.8. The number of hydrogen-bond acceptors (Lipinski definition) is 8. The van der Waals surface area contributed by atoms with Crippen molar-refractivity contribution in [2.24, 2.45) is 0 Å². The van der Waals surface area contributed by atoms with E-state index in [9.17, 15) is 23.2 Å². The van der Waals surface area contributed by atoms with E-state index in [2.05, 4.69) is 38.9 Å². The van der Waals surface area contributed by atoms with Crippen molar-refractivity contribution in [2.45, 2.75) is 50.0 Å². The lowest BCUT2D eigenvalue weighted by molar-refractivity contribution is -0.149. The van der Waals surface area contributed by atoms with Crippen molar-refractivity contribution in [1.82, 2.24) is 35.9 Å². The normalized spacial score (nSPS) is 23.0. The van der Waals surface area contributed by atoms with Gasteiger partial charge in [-0.1, -0.05) is 0 Å². The van der Waals surface area contributed by atoms with Crippen LogP contribution >= 0.6 is 0 Å². The summed E-state index contributed by atoms with van der Waals surface area (Å²) >= 11 is 0. The van der Waals surface area contributed by atoms with Gasteiger partial charge < -0.3 is 10.2 Å². The Morgan fingerprint density at radius 3 is 2.70 bits per heavy atom. The predicted molar refractivity (Wildman–Crippen MR) is 111 cm³/mol. The number of carbonyl (C=O) groups excluding carboxylic acids is 1. The molecule has 2 aromatic rings. The lowest BCUT2D eigenvalue weighted by Gasteiger charge is -2.49. The highest BCUT2D eigenvalue weighted by molar-refractivity contribution is 5.92. The second-order valence-corrected chi connectivity index (χ2v) is 8.55. The summed E-state index contributed by atoms with van der Waals surface area (Å²) in [6.07, 6.45) is 2.00. The molecule has 4 heterocycles.